The third kappa shape index (κ3) is 4.06. The first-order valence-electron chi connectivity index (χ1n) is 7.18. The van der Waals surface area contributed by atoms with Gasteiger partial charge in [-0.05, 0) is 38.2 Å². The van der Waals surface area contributed by atoms with Crippen molar-refractivity contribution >= 4 is 5.91 Å². The summed E-state index contributed by atoms with van der Waals surface area (Å²) in [5.74, 6) is 0.194. The number of carbonyl (C=O) groups excluding carboxylic acids is 1. The second-order valence-corrected chi connectivity index (χ2v) is 5.46. The lowest BCUT2D eigenvalue weighted by Crippen LogP contribution is -2.37. The molecular formula is C16H23NO2. The molecule has 2 rings (SSSR count). The smallest absolute Gasteiger partial charge is 0.222 e. The molecule has 2 unspecified atom stereocenters. The predicted octanol–water partition coefficient (Wildman–Crippen LogP) is 2.38. The number of hydrogen-bond donors (Lipinski definition) is 1. The average Bonchev–Trinajstić information content (AvgIpc) is 2.85. The summed E-state index contributed by atoms with van der Waals surface area (Å²) in [5, 5.41) is 9.27. The number of likely N-dealkylation sites (tertiary alicyclic amines) is 1. The number of rotatable bonds is 5. The Hall–Kier alpha value is -1.35. The maximum Gasteiger partial charge on any atom is 0.222 e. The molecule has 1 aliphatic heterocycles. The number of carbonyl (C=O) groups is 1. The number of aliphatic hydroxyl groups is 1. The van der Waals surface area contributed by atoms with Crippen LogP contribution in [0.3, 0.4) is 0 Å². The van der Waals surface area contributed by atoms with E-state index in [2.05, 4.69) is 12.1 Å². The molecular weight excluding hydrogens is 238 g/mol. The Kier molecular flexibility index (Phi) is 4.97. The number of amides is 1. The minimum atomic E-state index is -0.390. The molecule has 2 atom stereocenters. The molecule has 19 heavy (non-hydrogen) atoms. The molecule has 1 amide bonds. The van der Waals surface area contributed by atoms with Crippen LogP contribution >= 0.6 is 0 Å². The summed E-state index contributed by atoms with van der Waals surface area (Å²) in [7, 11) is 0. The van der Waals surface area contributed by atoms with E-state index in [1.165, 1.54) is 5.56 Å². The molecule has 1 saturated heterocycles. The van der Waals surface area contributed by atoms with Crippen LogP contribution in [0, 0.1) is 0 Å². The summed E-state index contributed by atoms with van der Waals surface area (Å²) in [4.78, 5) is 14.2. The van der Waals surface area contributed by atoms with Gasteiger partial charge in [-0.2, -0.15) is 0 Å². The van der Waals surface area contributed by atoms with E-state index in [1.807, 2.05) is 23.1 Å². The summed E-state index contributed by atoms with van der Waals surface area (Å²) >= 11 is 0. The fourth-order valence-corrected chi connectivity index (χ4v) is 2.74. The minimum Gasteiger partial charge on any atom is -0.393 e. The summed E-state index contributed by atoms with van der Waals surface area (Å²) in [5.41, 5.74) is 1.29. The highest BCUT2D eigenvalue weighted by Gasteiger charge is 2.28. The molecule has 0 spiro atoms. The van der Waals surface area contributed by atoms with Crippen molar-refractivity contribution in [2.45, 2.75) is 51.2 Å². The van der Waals surface area contributed by atoms with Crippen molar-refractivity contribution < 1.29 is 9.90 Å². The van der Waals surface area contributed by atoms with E-state index in [0.717, 1.165) is 25.8 Å². The van der Waals surface area contributed by atoms with Crippen molar-refractivity contribution in [2.75, 3.05) is 6.54 Å². The van der Waals surface area contributed by atoms with Gasteiger partial charge in [0.15, 0.2) is 0 Å². The van der Waals surface area contributed by atoms with Crippen molar-refractivity contribution in [3.8, 4) is 0 Å². The summed E-state index contributed by atoms with van der Waals surface area (Å²) in [6, 6.07) is 10.7. The van der Waals surface area contributed by atoms with Gasteiger partial charge in [-0.3, -0.25) is 4.79 Å². The number of hydrogen-bond acceptors (Lipinski definition) is 2. The molecule has 0 radical (unpaired) electrons. The van der Waals surface area contributed by atoms with Crippen molar-refractivity contribution in [1.82, 2.24) is 4.90 Å². The topological polar surface area (TPSA) is 40.5 Å². The molecule has 1 heterocycles. The lowest BCUT2D eigenvalue weighted by molar-refractivity contribution is -0.132. The van der Waals surface area contributed by atoms with Crippen LogP contribution in [-0.4, -0.2) is 34.6 Å². The zero-order chi connectivity index (χ0) is 13.7. The van der Waals surface area contributed by atoms with Gasteiger partial charge in [-0.1, -0.05) is 30.3 Å². The standard InChI is InChI=1S/C16H23NO2/c1-13(18)9-10-16(19)17-11-5-8-15(17)12-14-6-3-2-4-7-14/h2-4,6-7,13,15,18H,5,8-12H2,1H3. The van der Waals surface area contributed by atoms with Gasteiger partial charge >= 0.3 is 0 Å². The molecule has 3 heteroatoms. The van der Waals surface area contributed by atoms with E-state index in [9.17, 15) is 9.90 Å². The molecule has 0 aromatic heterocycles. The lowest BCUT2D eigenvalue weighted by Gasteiger charge is -2.25. The zero-order valence-corrected chi connectivity index (χ0v) is 11.6. The summed E-state index contributed by atoms with van der Waals surface area (Å²) in [6.07, 6.45) is 3.77. The van der Waals surface area contributed by atoms with E-state index in [-0.39, 0.29) is 12.0 Å². The van der Waals surface area contributed by atoms with Gasteiger partial charge in [0, 0.05) is 19.0 Å². The molecule has 0 saturated carbocycles. The van der Waals surface area contributed by atoms with Gasteiger partial charge in [0.2, 0.25) is 5.91 Å². The van der Waals surface area contributed by atoms with Crippen LogP contribution < -0.4 is 0 Å². The molecule has 1 aliphatic rings. The fourth-order valence-electron chi connectivity index (χ4n) is 2.74. The lowest BCUT2D eigenvalue weighted by atomic mass is 10.0. The van der Waals surface area contributed by atoms with Gasteiger partial charge in [0.25, 0.3) is 0 Å². The second kappa shape index (κ2) is 6.71. The molecule has 0 bridgehead atoms. The van der Waals surface area contributed by atoms with E-state index >= 15 is 0 Å². The van der Waals surface area contributed by atoms with Gasteiger partial charge in [0.05, 0.1) is 6.10 Å². The average molecular weight is 261 g/mol. The molecule has 1 aromatic carbocycles. The van der Waals surface area contributed by atoms with E-state index in [4.69, 9.17) is 0 Å². The maximum atomic E-state index is 12.2. The molecule has 1 aromatic rings. The quantitative estimate of drug-likeness (QED) is 0.884. The van der Waals surface area contributed by atoms with Crippen LogP contribution in [0.25, 0.3) is 0 Å². The highest BCUT2D eigenvalue weighted by molar-refractivity contribution is 5.76. The maximum absolute atomic E-state index is 12.2. The van der Waals surface area contributed by atoms with Crippen molar-refractivity contribution in [2.24, 2.45) is 0 Å². The van der Waals surface area contributed by atoms with Crippen LogP contribution in [0.2, 0.25) is 0 Å². The second-order valence-electron chi connectivity index (χ2n) is 5.46. The van der Waals surface area contributed by atoms with Crippen LogP contribution in [0.15, 0.2) is 30.3 Å². The Morgan fingerprint density at radius 2 is 2.16 bits per heavy atom. The van der Waals surface area contributed by atoms with Gasteiger partial charge in [0.1, 0.15) is 0 Å². The van der Waals surface area contributed by atoms with Crippen LogP contribution in [0.5, 0.6) is 0 Å². The molecule has 0 aliphatic carbocycles. The first-order chi connectivity index (χ1) is 9.16. The highest BCUT2D eigenvalue weighted by atomic mass is 16.3. The van der Waals surface area contributed by atoms with Crippen LogP contribution in [-0.2, 0) is 11.2 Å². The molecule has 1 N–H and O–H groups in total. The Morgan fingerprint density at radius 1 is 1.42 bits per heavy atom. The van der Waals surface area contributed by atoms with Gasteiger partial charge in [-0.15, -0.1) is 0 Å². The Bertz CT molecular complexity index is 402. The van der Waals surface area contributed by atoms with E-state index < -0.39 is 0 Å². The third-order valence-electron chi connectivity index (χ3n) is 3.79. The Labute approximate surface area is 115 Å². The van der Waals surface area contributed by atoms with Gasteiger partial charge in [-0.25, -0.2) is 0 Å². The van der Waals surface area contributed by atoms with Crippen LogP contribution in [0.1, 0.15) is 38.2 Å². The Morgan fingerprint density at radius 3 is 2.84 bits per heavy atom. The minimum absolute atomic E-state index is 0.194. The Balaban J connectivity index is 1.91. The number of benzene rings is 1. The number of aliphatic hydroxyl groups excluding tert-OH is 1. The SMILES string of the molecule is CC(O)CCC(=O)N1CCCC1Cc1ccccc1. The predicted molar refractivity (Wildman–Crippen MR) is 75.8 cm³/mol. The van der Waals surface area contributed by atoms with Crippen molar-refractivity contribution in [1.29, 1.82) is 0 Å². The molecule has 3 nitrogen and oxygen atoms in total. The largest absolute Gasteiger partial charge is 0.393 e. The first kappa shape index (κ1) is 14.1. The van der Waals surface area contributed by atoms with Crippen molar-refractivity contribution in [3.63, 3.8) is 0 Å². The third-order valence-corrected chi connectivity index (χ3v) is 3.79. The van der Waals surface area contributed by atoms with Crippen molar-refractivity contribution in [3.05, 3.63) is 35.9 Å². The number of nitrogens with zero attached hydrogens (tertiary/aromatic N) is 1. The van der Waals surface area contributed by atoms with E-state index in [0.29, 0.717) is 18.9 Å². The van der Waals surface area contributed by atoms with E-state index in [1.54, 1.807) is 6.92 Å². The molecule has 104 valence electrons. The fraction of sp³-hybridized carbons (Fsp3) is 0.562. The first-order valence-corrected chi connectivity index (χ1v) is 7.18. The van der Waals surface area contributed by atoms with Crippen LogP contribution in [0.4, 0.5) is 0 Å². The zero-order valence-electron chi connectivity index (χ0n) is 11.6. The monoisotopic (exact) mass is 261 g/mol. The summed E-state index contributed by atoms with van der Waals surface area (Å²) in [6.45, 7) is 2.61. The highest BCUT2D eigenvalue weighted by Crippen LogP contribution is 2.22. The summed E-state index contributed by atoms with van der Waals surface area (Å²) < 4.78 is 0. The normalized spacial score (nSPS) is 20.5. The van der Waals surface area contributed by atoms with Gasteiger partial charge < -0.3 is 10.0 Å². The molecule has 1 fully saturated rings.